The van der Waals surface area contributed by atoms with Crippen LogP contribution in [0.5, 0.6) is 0 Å². The zero-order chi connectivity index (χ0) is 10.9. The molecule has 0 radical (unpaired) electrons. The number of aliphatic hydroxyl groups is 1. The number of hydrogen-bond donors (Lipinski definition) is 1. The number of carbonyl (C=O) groups is 1. The summed E-state index contributed by atoms with van der Waals surface area (Å²) in [6.45, 7) is 8.71. The van der Waals surface area contributed by atoms with Crippen molar-refractivity contribution in [1.29, 1.82) is 0 Å². The largest absolute Gasteiger partial charge is 0.384 e. The predicted octanol–water partition coefficient (Wildman–Crippen LogP) is 1.40. The minimum Gasteiger partial charge on any atom is -0.384 e. The lowest BCUT2D eigenvalue weighted by atomic mass is 9.86. The number of hydrogen-bond acceptors (Lipinski definition) is 2. The summed E-state index contributed by atoms with van der Waals surface area (Å²) in [5.41, 5.74) is -0.0614. The van der Waals surface area contributed by atoms with Crippen molar-refractivity contribution in [3.63, 3.8) is 0 Å². The molecule has 2 atom stereocenters. The molecule has 1 amide bonds. The Kier molecular flexibility index (Phi) is 3.20. The second-order valence-electron chi connectivity index (χ2n) is 4.78. The van der Waals surface area contributed by atoms with Crippen molar-refractivity contribution in [3.05, 3.63) is 0 Å². The molecule has 0 spiro atoms. The lowest BCUT2D eigenvalue weighted by molar-refractivity contribution is -0.144. The van der Waals surface area contributed by atoms with Gasteiger partial charge in [0.05, 0.1) is 0 Å². The van der Waals surface area contributed by atoms with Crippen LogP contribution in [0, 0.1) is 5.92 Å². The molecule has 1 heterocycles. The van der Waals surface area contributed by atoms with Crippen molar-refractivity contribution >= 4 is 5.91 Å². The van der Waals surface area contributed by atoms with Crippen molar-refractivity contribution in [2.75, 3.05) is 6.54 Å². The van der Waals surface area contributed by atoms with Crippen molar-refractivity contribution in [2.45, 2.75) is 52.2 Å². The fourth-order valence-corrected chi connectivity index (χ4v) is 2.17. The Labute approximate surface area is 86.1 Å². The van der Waals surface area contributed by atoms with Crippen LogP contribution in [0.3, 0.4) is 0 Å². The SMILES string of the molecule is CC(C)[C@]1(C)CCCN1C(=O)[C@@H](C)O. The first-order valence-corrected chi connectivity index (χ1v) is 5.39. The summed E-state index contributed by atoms with van der Waals surface area (Å²) in [5.74, 6) is 0.311. The molecule has 1 aliphatic rings. The van der Waals surface area contributed by atoms with E-state index in [9.17, 15) is 9.90 Å². The fraction of sp³-hybridized carbons (Fsp3) is 0.909. The van der Waals surface area contributed by atoms with Gasteiger partial charge in [-0.3, -0.25) is 4.79 Å². The van der Waals surface area contributed by atoms with Gasteiger partial charge in [0.15, 0.2) is 0 Å². The highest BCUT2D eigenvalue weighted by Gasteiger charge is 2.42. The fourth-order valence-electron chi connectivity index (χ4n) is 2.17. The molecular formula is C11H21NO2. The van der Waals surface area contributed by atoms with Crippen molar-refractivity contribution in [1.82, 2.24) is 4.90 Å². The number of likely N-dealkylation sites (tertiary alicyclic amines) is 1. The summed E-state index contributed by atoms with van der Waals surface area (Å²) in [5, 5.41) is 9.30. The van der Waals surface area contributed by atoms with Crippen LogP contribution in [0.4, 0.5) is 0 Å². The molecule has 3 nitrogen and oxygen atoms in total. The third-order valence-electron chi connectivity index (χ3n) is 3.55. The average molecular weight is 199 g/mol. The summed E-state index contributed by atoms with van der Waals surface area (Å²) in [4.78, 5) is 13.6. The van der Waals surface area contributed by atoms with E-state index in [1.165, 1.54) is 0 Å². The molecule has 1 fully saturated rings. The summed E-state index contributed by atoms with van der Waals surface area (Å²) in [6, 6.07) is 0. The van der Waals surface area contributed by atoms with Crippen LogP contribution in [-0.2, 0) is 4.79 Å². The molecule has 0 aromatic carbocycles. The minimum atomic E-state index is -0.869. The van der Waals surface area contributed by atoms with Gasteiger partial charge in [-0.1, -0.05) is 13.8 Å². The number of amides is 1. The van der Waals surface area contributed by atoms with Gasteiger partial charge in [0.25, 0.3) is 5.91 Å². The van der Waals surface area contributed by atoms with Crippen LogP contribution >= 0.6 is 0 Å². The highest BCUT2D eigenvalue weighted by atomic mass is 16.3. The third-order valence-corrected chi connectivity index (χ3v) is 3.55. The van der Waals surface area contributed by atoms with E-state index >= 15 is 0 Å². The van der Waals surface area contributed by atoms with E-state index in [-0.39, 0.29) is 11.4 Å². The summed E-state index contributed by atoms with van der Waals surface area (Å²) in [7, 11) is 0. The zero-order valence-corrected chi connectivity index (χ0v) is 9.58. The summed E-state index contributed by atoms with van der Waals surface area (Å²) < 4.78 is 0. The molecule has 3 heteroatoms. The van der Waals surface area contributed by atoms with Gasteiger partial charge in [-0.2, -0.15) is 0 Å². The summed E-state index contributed by atoms with van der Waals surface area (Å²) in [6.07, 6.45) is 1.22. The quantitative estimate of drug-likeness (QED) is 0.730. The molecule has 0 saturated carbocycles. The Morgan fingerprint density at radius 1 is 1.43 bits per heavy atom. The molecule has 0 bridgehead atoms. The Morgan fingerprint density at radius 3 is 2.43 bits per heavy atom. The van der Waals surface area contributed by atoms with E-state index in [1.807, 2.05) is 4.90 Å². The second kappa shape index (κ2) is 3.89. The van der Waals surface area contributed by atoms with Gasteiger partial charge in [-0.25, -0.2) is 0 Å². The highest BCUT2D eigenvalue weighted by molar-refractivity contribution is 5.81. The molecule has 0 aromatic rings. The van der Waals surface area contributed by atoms with Gasteiger partial charge >= 0.3 is 0 Å². The van der Waals surface area contributed by atoms with Gasteiger partial charge < -0.3 is 10.0 Å². The van der Waals surface area contributed by atoms with E-state index in [4.69, 9.17) is 0 Å². The average Bonchev–Trinajstić information content (AvgIpc) is 2.47. The molecule has 1 saturated heterocycles. The van der Waals surface area contributed by atoms with Gasteiger partial charge in [0.2, 0.25) is 0 Å². The predicted molar refractivity (Wildman–Crippen MR) is 55.9 cm³/mol. The van der Waals surface area contributed by atoms with E-state index in [0.29, 0.717) is 5.92 Å². The minimum absolute atomic E-state index is 0.0614. The molecule has 0 unspecified atom stereocenters. The number of nitrogens with zero attached hydrogens (tertiary/aromatic N) is 1. The molecule has 82 valence electrons. The number of carbonyl (C=O) groups excluding carboxylic acids is 1. The normalized spacial score (nSPS) is 29.7. The summed E-state index contributed by atoms with van der Waals surface area (Å²) >= 11 is 0. The van der Waals surface area contributed by atoms with Crippen molar-refractivity contribution in [2.24, 2.45) is 5.92 Å². The first kappa shape index (κ1) is 11.5. The van der Waals surface area contributed by atoms with E-state index in [1.54, 1.807) is 6.92 Å². The maximum atomic E-state index is 11.7. The molecule has 1 rings (SSSR count). The number of aliphatic hydroxyl groups excluding tert-OH is 1. The highest BCUT2D eigenvalue weighted by Crippen LogP contribution is 2.35. The molecule has 0 aliphatic carbocycles. The lowest BCUT2D eigenvalue weighted by Crippen LogP contribution is -2.51. The van der Waals surface area contributed by atoms with Crippen LogP contribution in [0.1, 0.15) is 40.5 Å². The molecular weight excluding hydrogens is 178 g/mol. The maximum absolute atomic E-state index is 11.7. The smallest absolute Gasteiger partial charge is 0.251 e. The van der Waals surface area contributed by atoms with Gasteiger partial charge in [-0.15, -0.1) is 0 Å². The topological polar surface area (TPSA) is 40.5 Å². The number of rotatable bonds is 2. The third kappa shape index (κ3) is 1.78. The Bertz CT molecular complexity index is 225. The van der Waals surface area contributed by atoms with Gasteiger partial charge in [0.1, 0.15) is 6.10 Å². The van der Waals surface area contributed by atoms with E-state index < -0.39 is 6.10 Å². The first-order valence-electron chi connectivity index (χ1n) is 5.39. The van der Waals surface area contributed by atoms with Crippen LogP contribution in [-0.4, -0.2) is 34.1 Å². The Morgan fingerprint density at radius 2 is 2.00 bits per heavy atom. The van der Waals surface area contributed by atoms with Crippen molar-refractivity contribution < 1.29 is 9.90 Å². The Balaban J connectivity index is 2.83. The lowest BCUT2D eigenvalue weighted by Gasteiger charge is -2.39. The molecule has 1 N–H and O–H groups in total. The molecule has 1 aliphatic heterocycles. The van der Waals surface area contributed by atoms with E-state index in [0.717, 1.165) is 19.4 Å². The van der Waals surface area contributed by atoms with E-state index in [2.05, 4.69) is 20.8 Å². The van der Waals surface area contributed by atoms with Crippen LogP contribution in [0.15, 0.2) is 0 Å². The monoisotopic (exact) mass is 199 g/mol. The van der Waals surface area contributed by atoms with Crippen LogP contribution < -0.4 is 0 Å². The second-order valence-corrected chi connectivity index (χ2v) is 4.78. The molecule has 0 aromatic heterocycles. The van der Waals surface area contributed by atoms with Gasteiger partial charge in [0, 0.05) is 12.1 Å². The van der Waals surface area contributed by atoms with Crippen molar-refractivity contribution in [3.8, 4) is 0 Å². The standard InChI is InChI=1S/C11H21NO2/c1-8(2)11(4)6-5-7-12(11)10(14)9(3)13/h8-9,13H,5-7H2,1-4H3/t9-,11+/m1/s1. The van der Waals surface area contributed by atoms with Crippen LogP contribution in [0.2, 0.25) is 0 Å². The zero-order valence-electron chi connectivity index (χ0n) is 9.58. The maximum Gasteiger partial charge on any atom is 0.251 e. The Hall–Kier alpha value is -0.570. The first-order chi connectivity index (χ1) is 6.39. The van der Waals surface area contributed by atoms with Gasteiger partial charge in [-0.05, 0) is 32.6 Å². The molecule has 14 heavy (non-hydrogen) atoms. The van der Waals surface area contributed by atoms with Crippen LogP contribution in [0.25, 0.3) is 0 Å².